The number of benzene rings is 1. The maximum Gasteiger partial charge on any atom is 0.268 e. The minimum absolute atomic E-state index is 0.0997. The number of carbonyl (C=O) groups is 3. The van der Waals surface area contributed by atoms with Gasteiger partial charge in [-0.15, -0.1) is 0 Å². The Kier molecular flexibility index (Phi) is 6.83. The van der Waals surface area contributed by atoms with E-state index in [0.717, 1.165) is 24.6 Å². The van der Waals surface area contributed by atoms with E-state index in [0.29, 0.717) is 35.0 Å². The van der Waals surface area contributed by atoms with Crippen LogP contribution in [-0.4, -0.2) is 39.8 Å². The van der Waals surface area contributed by atoms with Gasteiger partial charge in [0.2, 0.25) is 11.8 Å². The number of rotatable bonds is 8. The van der Waals surface area contributed by atoms with E-state index in [1.165, 1.54) is 0 Å². The Hall–Kier alpha value is -3.05. The second-order valence-corrected chi connectivity index (χ2v) is 11.2. The van der Waals surface area contributed by atoms with Crippen molar-refractivity contribution in [2.75, 3.05) is 0 Å². The van der Waals surface area contributed by atoms with Crippen LogP contribution in [0.3, 0.4) is 0 Å². The molecular formula is C26H32ClN5O3. The monoisotopic (exact) mass is 497 g/mol. The molecule has 2 aromatic rings. The summed E-state index contributed by atoms with van der Waals surface area (Å²) in [4.78, 5) is 41.9. The van der Waals surface area contributed by atoms with E-state index in [1.54, 1.807) is 25.1 Å². The van der Waals surface area contributed by atoms with Crippen molar-refractivity contribution < 1.29 is 14.4 Å². The van der Waals surface area contributed by atoms with Crippen molar-refractivity contribution in [3.8, 4) is 6.07 Å². The molecule has 1 aliphatic heterocycles. The van der Waals surface area contributed by atoms with Crippen LogP contribution in [-0.2, 0) is 9.59 Å². The maximum atomic E-state index is 13.3. The highest BCUT2D eigenvalue weighted by molar-refractivity contribution is 6.35. The SMILES string of the molecule is CC1(C)CC[C@@H](C[C@@](C)(C#N)NC(=O)[C@H](CC2CC2)NC(=O)c2cc3cccc(Cl)c3[nH]2)C(=O)N1. The first-order chi connectivity index (χ1) is 16.5. The fourth-order valence-electron chi connectivity index (χ4n) is 4.73. The molecule has 1 saturated carbocycles. The van der Waals surface area contributed by atoms with Gasteiger partial charge in [0, 0.05) is 16.8 Å². The largest absolute Gasteiger partial charge is 0.351 e. The number of para-hydroxylation sites is 1. The number of halogens is 1. The first-order valence-electron chi connectivity index (χ1n) is 12.1. The number of fused-ring (bicyclic) bond motifs is 1. The molecule has 2 fully saturated rings. The van der Waals surface area contributed by atoms with Gasteiger partial charge in [-0.1, -0.05) is 36.6 Å². The summed E-state index contributed by atoms with van der Waals surface area (Å²) in [6.07, 6.45) is 4.18. The van der Waals surface area contributed by atoms with Crippen LogP contribution < -0.4 is 16.0 Å². The number of nitrogens with zero attached hydrogens (tertiary/aromatic N) is 1. The molecule has 3 amide bonds. The van der Waals surface area contributed by atoms with Gasteiger partial charge in [0.15, 0.2) is 0 Å². The Labute approximate surface area is 210 Å². The van der Waals surface area contributed by atoms with Crippen molar-refractivity contribution in [1.29, 1.82) is 5.26 Å². The lowest BCUT2D eigenvalue weighted by molar-refractivity contribution is -0.131. The maximum absolute atomic E-state index is 13.3. The number of H-pyrrole nitrogens is 1. The van der Waals surface area contributed by atoms with E-state index < -0.39 is 23.4 Å². The summed E-state index contributed by atoms with van der Waals surface area (Å²) < 4.78 is 0. The molecule has 8 nitrogen and oxygen atoms in total. The number of amides is 3. The lowest BCUT2D eigenvalue weighted by Gasteiger charge is -2.37. The number of carbonyl (C=O) groups excluding carboxylic acids is 3. The van der Waals surface area contributed by atoms with Crippen LogP contribution in [0.1, 0.15) is 69.8 Å². The Bertz CT molecular complexity index is 1200. The molecule has 0 bridgehead atoms. The molecule has 35 heavy (non-hydrogen) atoms. The quantitative estimate of drug-likeness (QED) is 0.442. The van der Waals surface area contributed by atoms with Gasteiger partial charge >= 0.3 is 0 Å². The summed E-state index contributed by atoms with van der Waals surface area (Å²) in [6, 6.07) is 8.49. The summed E-state index contributed by atoms with van der Waals surface area (Å²) in [7, 11) is 0. The van der Waals surface area contributed by atoms with Crippen LogP contribution >= 0.6 is 11.6 Å². The first kappa shape index (κ1) is 25.1. The zero-order valence-electron chi connectivity index (χ0n) is 20.3. The molecule has 0 spiro atoms. The molecule has 4 rings (SSSR count). The fourth-order valence-corrected chi connectivity index (χ4v) is 4.96. The van der Waals surface area contributed by atoms with Crippen molar-refractivity contribution in [2.45, 2.75) is 76.4 Å². The summed E-state index contributed by atoms with van der Waals surface area (Å²) in [5, 5.41) is 19.9. The van der Waals surface area contributed by atoms with Crippen molar-refractivity contribution in [3.63, 3.8) is 0 Å². The number of piperidine rings is 1. The highest BCUT2D eigenvalue weighted by Gasteiger charge is 2.40. The van der Waals surface area contributed by atoms with E-state index in [2.05, 4.69) is 27.0 Å². The lowest BCUT2D eigenvalue weighted by Crippen LogP contribution is -2.57. The average Bonchev–Trinajstić information content (AvgIpc) is 3.49. The number of nitrogens with one attached hydrogen (secondary N) is 4. The van der Waals surface area contributed by atoms with E-state index in [4.69, 9.17) is 11.6 Å². The Morgan fingerprint density at radius 3 is 2.69 bits per heavy atom. The molecule has 2 heterocycles. The van der Waals surface area contributed by atoms with E-state index in [-0.39, 0.29) is 23.8 Å². The highest BCUT2D eigenvalue weighted by Crippen LogP contribution is 2.34. The van der Waals surface area contributed by atoms with Gasteiger partial charge < -0.3 is 20.9 Å². The molecule has 4 N–H and O–H groups in total. The lowest BCUT2D eigenvalue weighted by atomic mass is 9.80. The number of aromatic nitrogens is 1. The fraction of sp³-hybridized carbons (Fsp3) is 0.538. The standard InChI is InChI=1S/C26H32ClN5O3/c1-25(2)10-9-17(22(33)31-25)13-26(3,14-28)32-24(35)19(11-15-7-8-15)30-23(34)20-12-16-5-4-6-18(27)21(16)29-20/h4-6,12,15,17,19,29H,7-11,13H2,1-3H3,(H,30,34)(H,31,33)(H,32,35)/t17-,19-,26-/m0/s1. The summed E-state index contributed by atoms with van der Waals surface area (Å²) in [6.45, 7) is 5.57. The highest BCUT2D eigenvalue weighted by atomic mass is 35.5. The van der Waals surface area contributed by atoms with Crippen LogP contribution in [0.15, 0.2) is 24.3 Å². The second kappa shape index (κ2) is 9.54. The van der Waals surface area contributed by atoms with Crippen LogP contribution in [0.4, 0.5) is 0 Å². The predicted molar refractivity (Wildman–Crippen MR) is 134 cm³/mol. The number of nitriles is 1. The van der Waals surface area contributed by atoms with Gasteiger partial charge in [-0.05, 0) is 64.5 Å². The molecule has 0 radical (unpaired) electrons. The van der Waals surface area contributed by atoms with E-state index in [1.807, 2.05) is 19.9 Å². The zero-order chi connectivity index (χ0) is 25.4. The third-order valence-corrected chi connectivity index (χ3v) is 7.30. The van der Waals surface area contributed by atoms with Gasteiger partial charge in [0.05, 0.1) is 16.6 Å². The summed E-state index contributed by atoms with van der Waals surface area (Å²) in [5.41, 5.74) is -0.534. The molecule has 9 heteroatoms. The minimum Gasteiger partial charge on any atom is -0.351 e. The first-order valence-corrected chi connectivity index (χ1v) is 12.5. The van der Waals surface area contributed by atoms with Gasteiger partial charge in [-0.25, -0.2) is 0 Å². The van der Waals surface area contributed by atoms with Crippen LogP contribution in [0, 0.1) is 23.2 Å². The Morgan fingerprint density at radius 2 is 2.06 bits per heavy atom. The average molecular weight is 498 g/mol. The summed E-state index contributed by atoms with van der Waals surface area (Å²) in [5.74, 6) is -0.925. The van der Waals surface area contributed by atoms with Crippen LogP contribution in [0.25, 0.3) is 10.9 Å². The van der Waals surface area contributed by atoms with Crippen molar-refractivity contribution in [3.05, 3.63) is 35.0 Å². The second-order valence-electron chi connectivity index (χ2n) is 10.8. The van der Waals surface area contributed by atoms with Crippen molar-refractivity contribution in [1.82, 2.24) is 20.9 Å². The molecule has 1 saturated heterocycles. The molecule has 1 aromatic carbocycles. The van der Waals surface area contributed by atoms with Gasteiger partial charge in [0.1, 0.15) is 17.3 Å². The molecular weight excluding hydrogens is 466 g/mol. The molecule has 3 atom stereocenters. The van der Waals surface area contributed by atoms with Gasteiger partial charge in [-0.2, -0.15) is 5.26 Å². The molecule has 186 valence electrons. The van der Waals surface area contributed by atoms with Crippen LogP contribution in [0.5, 0.6) is 0 Å². The topological polar surface area (TPSA) is 127 Å². The molecule has 0 unspecified atom stereocenters. The Morgan fingerprint density at radius 1 is 1.31 bits per heavy atom. The third kappa shape index (κ3) is 5.96. The normalized spacial score (nSPS) is 21.9. The van der Waals surface area contributed by atoms with Crippen molar-refractivity contribution in [2.24, 2.45) is 11.8 Å². The summed E-state index contributed by atoms with van der Waals surface area (Å²) >= 11 is 6.22. The van der Waals surface area contributed by atoms with Crippen molar-refractivity contribution >= 4 is 40.2 Å². The number of hydrogen-bond acceptors (Lipinski definition) is 4. The molecule has 2 aliphatic rings. The zero-order valence-corrected chi connectivity index (χ0v) is 21.1. The van der Waals surface area contributed by atoms with E-state index >= 15 is 0 Å². The van der Waals surface area contributed by atoms with E-state index in [9.17, 15) is 19.6 Å². The number of hydrogen-bond donors (Lipinski definition) is 4. The molecule has 1 aliphatic carbocycles. The number of aromatic amines is 1. The van der Waals surface area contributed by atoms with Crippen LogP contribution in [0.2, 0.25) is 5.02 Å². The Balaban J connectivity index is 1.45. The molecule has 1 aromatic heterocycles. The third-order valence-electron chi connectivity index (χ3n) is 6.99. The van der Waals surface area contributed by atoms with Gasteiger partial charge in [0.25, 0.3) is 5.91 Å². The van der Waals surface area contributed by atoms with Gasteiger partial charge in [-0.3, -0.25) is 14.4 Å². The predicted octanol–water partition coefficient (Wildman–Crippen LogP) is 3.81. The smallest absolute Gasteiger partial charge is 0.268 e. The minimum atomic E-state index is -1.23.